The van der Waals surface area contributed by atoms with Crippen LogP contribution in [0.2, 0.25) is 0 Å². The van der Waals surface area contributed by atoms with E-state index in [9.17, 15) is 32.1 Å². The Kier molecular flexibility index (Phi) is 9.27. The Morgan fingerprint density at radius 2 is 1.79 bits per heavy atom. The van der Waals surface area contributed by atoms with Gasteiger partial charge >= 0.3 is 11.9 Å². The van der Waals surface area contributed by atoms with E-state index in [0.29, 0.717) is 0 Å². The molecule has 0 aliphatic heterocycles. The molecule has 0 aromatic rings. The molecule has 0 spiro atoms. The van der Waals surface area contributed by atoms with Crippen molar-refractivity contribution in [1.82, 2.24) is 10.6 Å². The Morgan fingerprint density at radius 3 is 2.25 bits per heavy atom. The van der Waals surface area contributed by atoms with E-state index in [1.165, 1.54) is 0 Å². The average Bonchev–Trinajstić information content (AvgIpc) is 2.45. The predicted octanol–water partition coefficient (Wildman–Crippen LogP) is -2.94. The molecule has 2 amide bonds. The van der Waals surface area contributed by atoms with E-state index in [2.05, 4.69) is 5.32 Å². The highest BCUT2D eigenvalue weighted by Crippen LogP contribution is 2.11. The van der Waals surface area contributed by atoms with E-state index in [0.717, 1.165) is 0 Å². The maximum absolute atomic E-state index is 11.7. The summed E-state index contributed by atoms with van der Waals surface area (Å²) in [6.07, 6.45) is -0.609. The van der Waals surface area contributed by atoms with Crippen LogP contribution < -0.4 is 16.4 Å². The molecule has 12 nitrogen and oxygen atoms in total. The van der Waals surface area contributed by atoms with Gasteiger partial charge in [0.2, 0.25) is 11.8 Å². The van der Waals surface area contributed by atoms with Gasteiger partial charge in [0, 0.05) is 12.2 Å². The van der Waals surface area contributed by atoms with Crippen LogP contribution in [0.15, 0.2) is 0 Å². The second-order valence-electron chi connectivity index (χ2n) is 4.41. The molecular formula is C10H16N3O9S2-. The number of carbonyl (C=O) groups is 4. The van der Waals surface area contributed by atoms with Gasteiger partial charge in [-0.25, -0.2) is 8.42 Å². The molecule has 6 N–H and O–H groups in total. The summed E-state index contributed by atoms with van der Waals surface area (Å²) in [5, 5.41) is 21.1. The third-order valence-corrected chi connectivity index (χ3v) is 4.48. The molecule has 0 saturated heterocycles. The van der Waals surface area contributed by atoms with Gasteiger partial charge in [-0.05, 0) is 17.2 Å². The van der Waals surface area contributed by atoms with Crippen molar-refractivity contribution in [2.75, 3.05) is 12.3 Å². The van der Waals surface area contributed by atoms with Gasteiger partial charge in [0.1, 0.15) is 27.8 Å². The van der Waals surface area contributed by atoms with Crippen molar-refractivity contribution >= 4 is 43.7 Å². The molecule has 0 bridgehead atoms. The number of carboxylic acid groups (broad SMARTS) is 2. The number of hydrogen-bond donors (Lipinski definition) is 5. The van der Waals surface area contributed by atoms with Gasteiger partial charge in [0.25, 0.3) is 0 Å². The van der Waals surface area contributed by atoms with Crippen molar-refractivity contribution in [3.63, 3.8) is 0 Å². The van der Waals surface area contributed by atoms with Gasteiger partial charge in [-0.15, -0.1) is 0 Å². The van der Waals surface area contributed by atoms with Crippen molar-refractivity contribution in [3.8, 4) is 0 Å². The first-order chi connectivity index (χ1) is 10.9. The molecular weight excluding hydrogens is 370 g/mol. The number of carbonyl (C=O) groups excluding carboxylic acids is 2. The number of carboxylic acids is 2. The van der Waals surface area contributed by atoms with E-state index < -0.39 is 57.3 Å². The van der Waals surface area contributed by atoms with Crippen molar-refractivity contribution < 1.29 is 42.4 Å². The third kappa shape index (κ3) is 10.8. The standard InChI is InChI=1S/C10H17N3O9S2/c11-5(10(18)19)1-2-7(14)13-6(4-23-24(20,21)22)9(17)12-3-8(15)16/h5-6H,1-4,11H2,(H,12,17)(H,13,14)(H,15,16)(H,18,19)(H,20,21,22)/p-1/t5-,6-/m0/s1. The summed E-state index contributed by atoms with van der Waals surface area (Å²) >= 11 is 0. The molecule has 0 fully saturated rings. The van der Waals surface area contributed by atoms with E-state index in [1.54, 1.807) is 0 Å². The first kappa shape index (κ1) is 22.1. The van der Waals surface area contributed by atoms with Crippen LogP contribution in [0.1, 0.15) is 12.8 Å². The molecule has 0 aliphatic rings. The van der Waals surface area contributed by atoms with Crippen LogP contribution in [0.4, 0.5) is 0 Å². The van der Waals surface area contributed by atoms with E-state index in [1.807, 2.05) is 5.32 Å². The fourth-order valence-electron chi connectivity index (χ4n) is 1.30. The van der Waals surface area contributed by atoms with Crippen LogP contribution in [0.5, 0.6) is 0 Å². The summed E-state index contributed by atoms with van der Waals surface area (Å²) in [5.74, 6) is -5.17. The molecule has 0 aromatic carbocycles. The molecule has 0 radical (unpaired) electrons. The lowest BCUT2D eigenvalue weighted by Crippen LogP contribution is -2.49. The number of aliphatic carboxylic acids is 2. The van der Waals surface area contributed by atoms with Crippen LogP contribution in [0.25, 0.3) is 0 Å². The van der Waals surface area contributed by atoms with Crippen molar-refractivity contribution in [1.29, 1.82) is 0 Å². The van der Waals surface area contributed by atoms with E-state index in [4.69, 9.17) is 15.9 Å². The van der Waals surface area contributed by atoms with E-state index in [-0.39, 0.29) is 23.6 Å². The Hall–Kier alpha value is -1.90. The Labute approximate surface area is 140 Å². The molecule has 0 aliphatic carbocycles. The van der Waals surface area contributed by atoms with Gasteiger partial charge in [0.05, 0.1) is 0 Å². The molecule has 0 saturated carbocycles. The molecule has 0 rings (SSSR count). The summed E-state index contributed by atoms with van der Waals surface area (Å²) < 4.78 is 31.8. The highest BCUT2D eigenvalue weighted by molar-refractivity contribution is 8.69. The zero-order valence-corrected chi connectivity index (χ0v) is 13.8. The monoisotopic (exact) mass is 386 g/mol. The first-order valence-electron chi connectivity index (χ1n) is 6.30. The fourth-order valence-corrected chi connectivity index (χ4v) is 2.74. The largest absolute Gasteiger partial charge is 0.739 e. The molecule has 24 heavy (non-hydrogen) atoms. The molecule has 0 unspecified atom stereocenters. The Balaban J connectivity index is 4.72. The molecule has 0 heterocycles. The maximum atomic E-state index is 11.7. The van der Waals surface area contributed by atoms with Crippen LogP contribution in [0, 0.1) is 0 Å². The van der Waals surface area contributed by atoms with Crippen LogP contribution >= 0.6 is 10.8 Å². The zero-order chi connectivity index (χ0) is 18.9. The van der Waals surface area contributed by atoms with Crippen LogP contribution in [-0.2, 0) is 28.3 Å². The van der Waals surface area contributed by atoms with Gasteiger partial charge in [-0.3, -0.25) is 19.2 Å². The quantitative estimate of drug-likeness (QED) is 0.179. The molecule has 14 heteroatoms. The SMILES string of the molecule is N[C@@H](CCC(=O)N[C@@H](CSS(=O)(=O)[O-])C(=O)NCC(=O)O)C(=O)O. The van der Waals surface area contributed by atoms with E-state index >= 15 is 0 Å². The van der Waals surface area contributed by atoms with Crippen molar-refractivity contribution in [2.45, 2.75) is 24.9 Å². The van der Waals surface area contributed by atoms with Gasteiger partial charge in [0.15, 0.2) is 0 Å². The number of nitrogens with one attached hydrogen (secondary N) is 2. The summed E-state index contributed by atoms with van der Waals surface area (Å²) in [5.41, 5.74) is 5.20. The Morgan fingerprint density at radius 1 is 1.21 bits per heavy atom. The highest BCUT2D eigenvalue weighted by atomic mass is 33.1. The van der Waals surface area contributed by atoms with Gasteiger partial charge in [-0.1, -0.05) is 0 Å². The number of rotatable bonds is 11. The van der Waals surface area contributed by atoms with Crippen molar-refractivity contribution in [3.05, 3.63) is 0 Å². The smallest absolute Gasteiger partial charge is 0.322 e. The summed E-state index contributed by atoms with van der Waals surface area (Å²) in [6.45, 7) is -0.774. The van der Waals surface area contributed by atoms with Crippen molar-refractivity contribution in [2.24, 2.45) is 5.73 Å². The lowest BCUT2D eigenvalue weighted by Gasteiger charge is -2.18. The molecule has 0 aromatic heterocycles. The normalized spacial score (nSPS) is 13.6. The minimum Gasteiger partial charge on any atom is -0.739 e. The average molecular weight is 386 g/mol. The predicted molar refractivity (Wildman–Crippen MR) is 79.6 cm³/mol. The number of nitrogens with two attached hydrogens (primary N) is 1. The number of hydrogen-bond acceptors (Lipinski definition) is 9. The highest BCUT2D eigenvalue weighted by Gasteiger charge is 2.23. The van der Waals surface area contributed by atoms with Gasteiger partial charge < -0.3 is 31.1 Å². The second kappa shape index (κ2) is 10.1. The maximum Gasteiger partial charge on any atom is 0.322 e. The Bertz CT molecular complexity index is 592. The lowest BCUT2D eigenvalue weighted by molar-refractivity contribution is -0.139. The first-order valence-corrected chi connectivity index (χ1v) is 9.21. The fraction of sp³-hybridized carbons (Fsp3) is 0.600. The van der Waals surface area contributed by atoms with Gasteiger partial charge in [-0.2, -0.15) is 0 Å². The third-order valence-electron chi connectivity index (χ3n) is 2.44. The lowest BCUT2D eigenvalue weighted by atomic mass is 10.1. The minimum atomic E-state index is -4.74. The summed E-state index contributed by atoms with van der Waals surface area (Å²) in [7, 11) is -4.88. The number of amides is 2. The second-order valence-corrected chi connectivity index (χ2v) is 7.73. The molecule has 2 atom stereocenters. The zero-order valence-electron chi connectivity index (χ0n) is 12.1. The summed E-state index contributed by atoms with van der Waals surface area (Å²) in [4.78, 5) is 44.3. The minimum absolute atomic E-state index is 0.150. The van der Waals surface area contributed by atoms with Crippen LogP contribution in [0.3, 0.4) is 0 Å². The molecule has 138 valence electrons. The summed E-state index contributed by atoms with van der Waals surface area (Å²) in [6, 6.07) is -2.79. The topological polar surface area (TPSA) is 216 Å². The van der Waals surface area contributed by atoms with Crippen LogP contribution in [-0.4, -0.2) is 71.3 Å².